The number of carbonyl (C=O) groups is 1. The first-order chi connectivity index (χ1) is 14.8. The fourth-order valence-corrected chi connectivity index (χ4v) is 3.82. The van der Waals surface area contributed by atoms with Crippen molar-refractivity contribution in [1.82, 2.24) is 20.5 Å². The predicted octanol–water partition coefficient (Wildman–Crippen LogP) is 2.87. The standard InChI is InChI=1S/C22H22N6O2/c29-14-20-21-15(5-7-23-20)13-19(18-6-8-24-27-18)26-22(21)25-16-1-3-17(4-2-16)28-9-11-30-12-10-28/h1-8,13-14,20,23H,9-12H2,(H,24,27)(H,25,26). The van der Waals surface area contributed by atoms with Crippen LogP contribution in [0.2, 0.25) is 0 Å². The number of aldehydes is 1. The van der Waals surface area contributed by atoms with Gasteiger partial charge < -0.3 is 25.1 Å². The summed E-state index contributed by atoms with van der Waals surface area (Å²) in [5.74, 6) is 0.644. The van der Waals surface area contributed by atoms with E-state index in [-0.39, 0.29) is 0 Å². The summed E-state index contributed by atoms with van der Waals surface area (Å²) in [7, 11) is 0. The molecule has 0 bridgehead atoms. The van der Waals surface area contributed by atoms with E-state index in [0.29, 0.717) is 5.82 Å². The molecule has 3 aromatic rings. The first kappa shape index (κ1) is 18.4. The number of nitrogens with zero attached hydrogens (tertiary/aromatic N) is 3. The summed E-state index contributed by atoms with van der Waals surface area (Å²) in [5.41, 5.74) is 5.42. The highest BCUT2D eigenvalue weighted by Gasteiger charge is 2.23. The highest BCUT2D eigenvalue weighted by molar-refractivity contribution is 5.79. The summed E-state index contributed by atoms with van der Waals surface area (Å²) >= 11 is 0. The molecule has 1 aromatic carbocycles. The Morgan fingerprint density at radius 3 is 2.73 bits per heavy atom. The number of rotatable bonds is 5. The molecule has 2 aromatic heterocycles. The Morgan fingerprint density at radius 1 is 1.17 bits per heavy atom. The van der Waals surface area contributed by atoms with Gasteiger partial charge in [0.1, 0.15) is 18.1 Å². The van der Waals surface area contributed by atoms with Crippen molar-refractivity contribution >= 4 is 29.6 Å². The summed E-state index contributed by atoms with van der Waals surface area (Å²) in [4.78, 5) is 18.8. The third kappa shape index (κ3) is 3.53. The lowest BCUT2D eigenvalue weighted by atomic mass is 9.98. The molecule has 8 heteroatoms. The molecule has 0 amide bonds. The molecule has 0 aliphatic carbocycles. The minimum atomic E-state index is -0.455. The van der Waals surface area contributed by atoms with E-state index >= 15 is 0 Å². The number of pyridine rings is 1. The van der Waals surface area contributed by atoms with Crippen molar-refractivity contribution in [2.24, 2.45) is 0 Å². The van der Waals surface area contributed by atoms with Crippen LogP contribution in [0.25, 0.3) is 17.5 Å². The van der Waals surface area contributed by atoms with Gasteiger partial charge in [-0.3, -0.25) is 5.10 Å². The topological polar surface area (TPSA) is 95.2 Å². The molecule has 5 rings (SSSR count). The van der Waals surface area contributed by atoms with Crippen molar-refractivity contribution < 1.29 is 9.53 Å². The van der Waals surface area contributed by atoms with Crippen LogP contribution in [0.15, 0.2) is 48.8 Å². The summed E-state index contributed by atoms with van der Waals surface area (Å²) in [6.45, 7) is 3.30. The number of aromatic amines is 1. The van der Waals surface area contributed by atoms with Gasteiger partial charge in [0.05, 0.1) is 24.6 Å². The molecule has 8 nitrogen and oxygen atoms in total. The van der Waals surface area contributed by atoms with Crippen LogP contribution in [0.4, 0.5) is 17.2 Å². The van der Waals surface area contributed by atoms with Crippen LogP contribution in [0, 0.1) is 0 Å². The van der Waals surface area contributed by atoms with Gasteiger partial charge in [-0.25, -0.2) is 4.98 Å². The third-order valence-electron chi connectivity index (χ3n) is 5.36. The fraction of sp³-hybridized carbons (Fsp3) is 0.227. The molecule has 0 radical (unpaired) electrons. The van der Waals surface area contributed by atoms with E-state index in [9.17, 15) is 4.79 Å². The Labute approximate surface area is 174 Å². The van der Waals surface area contributed by atoms with Crippen molar-refractivity contribution in [3.05, 3.63) is 59.9 Å². The Kier molecular flexibility index (Phi) is 4.90. The van der Waals surface area contributed by atoms with Crippen LogP contribution >= 0.6 is 0 Å². The zero-order chi connectivity index (χ0) is 20.3. The number of nitrogens with one attached hydrogen (secondary N) is 3. The lowest BCUT2D eigenvalue weighted by molar-refractivity contribution is -0.109. The van der Waals surface area contributed by atoms with Crippen molar-refractivity contribution in [2.75, 3.05) is 36.5 Å². The number of carbonyl (C=O) groups excluding carboxylic acids is 1. The van der Waals surface area contributed by atoms with Crippen LogP contribution < -0.4 is 15.5 Å². The molecule has 4 heterocycles. The Balaban J connectivity index is 1.49. The van der Waals surface area contributed by atoms with Gasteiger partial charge in [-0.2, -0.15) is 5.10 Å². The zero-order valence-electron chi connectivity index (χ0n) is 16.3. The average molecular weight is 402 g/mol. The van der Waals surface area contributed by atoms with Crippen LogP contribution in [-0.2, 0) is 9.53 Å². The number of anilines is 3. The van der Waals surface area contributed by atoms with Crippen LogP contribution in [-0.4, -0.2) is 47.8 Å². The molecule has 152 valence electrons. The van der Waals surface area contributed by atoms with E-state index in [4.69, 9.17) is 9.72 Å². The molecule has 1 unspecified atom stereocenters. The quantitative estimate of drug-likeness (QED) is 0.565. The minimum absolute atomic E-state index is 0.455. The van der Waals surface area contributed by atoms with Crippen molar-refractivity contribution in [3.63, 3.8) is 0 Å². The van der Waals surface area contributed by atoms with Gasteiger partial charge in [0, 0.05) is 36.2 Å². The second kappa shape index (κ2) is 8.00. The smallest absolute Gasteiger partial charge is 0.146 e. The normalized spacial score (nSPS) is 17.9. The maximum absolute atomic E-state index is 11.7. The number of hydrogen-bond donors (Lipinski definition) is 3. The second-order valence-electron chi connectivity index (χ2n) is 7.21. The zero-order valence-corrected chi connectivity index (χ0v) is 16.3. The van der Waals surface area contributed by atoms with Gasteiger partial charge in [0.2, 0.25) is 0 Å². The van der Waals surface area contributed by atoms with E-state index in [2.05, 4.69) is 37.9 Å². The molecule has 2 aliphatic heterocycles. The Morgan fingerprint density at radius 2 is 2.00 bits per heavy atom. The SMILES string of the molecule is O=CC1NC=Cc2cc(-c3ccn[nH]3)nc(Nc3ccc(N4CCOCC4)cc3)c21. The summed E-state index contributed by atoms with van der Waals surface area (Å²) in [6.07, 6.45) is 6.33. The van der Waals surface area contributed by atoms with E-state index in [1.807, 2.05) is 30.3 Å². The molecule has 30 heavy (non-hydrogen) atoms. The van der Waals surface area contributed by atoms with Crippen LogP contribution in [0.3, 0.4) is 0 Å². The van der Waals surface area contributed by atoms with Gasteiger partial charge in [-0.15, -0.1) is 0 Å². The first-order valence-electron chi connectivity index (χ1n) is 9.94. The van der Waals surface area contributed by atoms with Gasteiger partial charge in [0.25, 0.3) is 0 Å². The Hall–Kier alpha value is -3.65. The maximum atomic E-state index is 11.7. The molecule has 0 spiro atoms. The van der Waals surface area contributed by atoms with Gasteiger partial charge in [-0.1, -0.05) is 0 Å². The highest BCUT2D eigenvalue weighted by atomic mass is 16.5. The number of ether oxygens (including phenoxy) is 1. The molecule has 3 N–H and O–H groups in total. The third-order valence-corrected chi connectivity index (χ3v) is 5.36. The highest BCUT2D eigenvalue weighted by Crippen LogP contribution is 2.33. The van der Waals surface area contributed by atoms with Crippen molar-refractivity contribution in [1.29, 1.82) is 0 Å². The number of H-pyrrole nitrogens is 1. The summed E-state index contributed by atoms with van der Waals surface area (Å²) in [5, 5.41) is 13.5. The van der Waals surface area contributed by atoms with Crippen LogP contribution in [0.1, 0.15) is 17.2 Å². The molecule has 0 saturated carbocycles. The second-order valence-corrected chi connectivity index (χ2v) is 7.21. The number of aromatic nitrogens is 3. The van der Waals surface area contributed by atoms with E-state index in [0.717, 1.165) is 60.8 Å². The maximum Gasteiger partial charge on any atom is 0.146 e. The molecular formula is C22H22N6O2. The molecular weight excluding hydrogens is 380 g/mol. The lowest BCUT2D eigenvalue weighted by Gasteiger charge is -2.29. The van der Waals surface area contributed by atoms with Crippen molar-refractivity contribution in [2.45, 2.75) is 6.04 Å². The largest absolute Gasteiger partial charge is 0.378 e. The van der Waals surface area contributed by atoms with Crippen LogP contribution in [0.5, 0.6) is 0 Å². The predicted molar refractivity (Wildman–Crippen MR) is 116 cm³/mol. The first-order valence-corrected chi connectivity index (χ1v) is 9.94. The molecule has 1 atom stereocenters. The fourth-order valence-electron chi connectivity index (χ4n) is 3.82. The van der Waals surface area contributed by atoms with Gasteiger partial charge in [0.15, 0.2) is 0 Å². The number of morpholine rings is 1. The number of fused-ring (bicyclic) bond motifs is 1. The molecule has 1 saturated heterocycles. The molecule has 2 aliphatic rings. The average Bonchev–Trinajstić information content (AvgIpc) is 3.35. The van der Waals surface area contributed by atoms with E-state index in [1.165, 1.54) is 5.69 Å². The summed E-state index contributed by atoms with van der Waals surface area (Å²) < 4.78 is 5.43. The van der Waals surface area contributed by atoms with E-state index in [1.54, 1.807) is 12.4 Å². The van der Waals surface area contributed by atoms with Crippen molar-refractivity contribution in [3.8, 4) is 11.4 Å². The monoisotopic (exact) mass is 402 g/mol. The summed E-state index contributed by atoms with van der Waals surface area (Å²) in [6, 6.07) is 11.6. The number of benzene rings is 1. The van der Waals surface area contributed by atoms with Gasteiger partial charge >= 0.3 is 0 Å². The Bertz CT molecular complexity index is 1060. The minimum Gasteiger partial charge on any atom is -0.378 e. The van der Waals surface area contributed by atoms with E-state index < -0.39 is 6.04 Å². The van der Waals surface area contributed by atoms with Gasteiger partial charge in [-0.05, 0) is 54.2 Å². The molecule has 1 fully saturated rings. The lowest BCUT2D eigenvalue weighted by Crippen LogP contribution is -2.36. The number of hydrogen-bond acceptors (Lipinski definition) is 7.